The second-order valence-corrected chi connectivity index (χ2v) is 8.26. The first-order valence-electron chi connectivity index (χ1n) is 10.5. The number of unbranched alkanes of at least 4 members (excludes halogenated alkanes) is 1. The SMILES string of the molecule is CCCCc1ccc(C(=O)N(CCN2CCOCC2)CC(=O)Nc2nccs2)cc1. The molecule has 0 saturated carbocycles. The quantitative estimate of drug-likeness (QED) is 0.627. The molecular weight excluding hydrogens is 400 g/mol. The van der Waals surface area contributed by atoms with Gasteiger partial charge in [0.1, 0.15) is 6.54 Å². The molecule has 1 aromatic heterocycles. The normalized spacial score (nSPS) is 14.4. The Balaban J connectivity index is 1.64. The number of carbonyl (C=O) groups excluding carboxylic acids is 2. The zero-order valence-corrected chi connectivity index (χ0v) is 18.3. The Hall–Kier alpha value is -2.29. The summed E-state index contributed by atoms with van der Waals surface area (Å²) >= 11 is 1.36. The highest BCUT2D eigenvalue weighted by atomic mass is 32.1. The third-order valence-electron chi connectivity index (χ3n) is 5.11. The van der Waals surface area contributed by atoms with Crippen LogP contribution in [0, 0.1) is 0 Å². The summed E-state index contributed by atoms with van der Waals surface area (Å²) in [6.07, 6.45) is 4.93. The highest BCUT2D eigenvalue weighted by molar-refractivity contribution is 7.13. The van der Waals surface area contributed by atoms with Crippen molar-refractivity contribution in [2.24, 2.45) is 0 Å². The number of nitrogens with zero attached hydrogens (tertiary/aromatic N) is 3. The minimum Gasteiger partial charge on any atom is -0.379 e. The lowest BCUT2D eigenvalue weighted by Gasteiger charge is -2.30. The predicted octanol–water partition coefficient (Wildman–Crippen LogP) is 2.90. The number of hydrogen-bond donors (Lipinski definition) is 1. The van der Waals surface area contributed by atoms with Gasteiger partial charge in [0.25, 0.3) is 5.91 Å². The second kappa shape index (κ2) is 11.8. The van der Waals surface area contributed by atoms with E-state index in [0.29, 0.717) is 37.0 Å². The highest BCUT2D eigenvalue weighted by Crippen LogP contribution is 2.13. The molecule has 1 aromatic carbocycles. The number of thiazole rings is 1. The van der Waals surface area contributed by atoms with Gasteiger partial charge in [0.05, 0.1) is 13.2 Å². The largest absolute Gasteiger partial charge is 0.379 e. The minimum atomic E-state index is -0.236. The fraction of sp³-hybridized carbons (Fsp3) is 0.500. The summed E-state index contributed by atoms with van der Waals surface area (Å²) in [4.78, 5) is 33.6. The van der Waals surface area contributed by atoms with Crippen molar-refractivity contribution in [1.29, 1.82) is 0 Å². The number of aryl methyl sites for hydroxylation is 1. The van der Waals surface area contributed by atoms with Gasteiger partial charge in [0.2, 0.25) is 5.91 Å². The fourth-order valence-corrected chi connectivity index (χ4v) is 3.88. The maximum absolute atomic E-state index is 13.2. The first-order chi connectivity index (χ1) is 14.7. The summed E-state index contributed by atoms with van der Waals surface area (Å²) in [5, 5.41) is 5.12. The van der Waals surface area contributed by atoms with Gasteiger partial charge in [-0.3, -0.25) is 14.5 Å². The Morgan fingerprint density at radius 3 is 2.67 bits per heavy atom. The smallest absolute Gasteiger partial charge is 0.254 e. The number of aromatic nitrogens is 1. The standard InChI is InChI=1S/C22H30N4O3S/c1-2-3-4-18-5-7-19(8-6-18)21(28)26(11-10-25-12-14-29-15-13-25)17-20(27)24-22-23-9-16-30-22/h5-9,16H,2-4,10-15,17H2,1H3,(H,23,24,27). The van der Waals surface area contributed by atoms with Gasteiger partial charge in [-0.05, 0) is 30.5 Å². The van der Waals surface area contributed by atoms with Crippen molar-refractivity contribution >= 4 is 28.3 Å². The summed E-state index contributed by atoms with van der Waals surface area (Å²) < 4.78 is 5.39. The molecule has 30 heavy (non-hydrogen) atoms. The zero-order valence-electron chi connectivity index (χ0n) is 17.5. The molecule has 0 bridgehead atoms. The number of nitrogens with one attached hydrogen (secondary N) is 1. The van der Waals surface area contributed by atoms with Crippen LogP contribution in [0.3, 0.4) is 0 Å². The van der Waals surface area contributed by atoms with E-state index in [-0.39, 0.29) is 18.4 Å². The van der Waals surface area contributed by atoms with Crippen molar-refractivity contribution in [3.63, 3.8) is 0 Å². The Morgan fingerprint density at radius 2 is 2.00 bits per heavy atom. The van der Waals surface area contributed by atoms with E-state index in [2.05, 4.69) is 22.1 Å². The maximum Gasteiger partial charge on any atom is 0.254 e. The molecule has 1 aliphatic heterocycles. The van der Waals surface area contributed by atoms with Crippen LogP contribution in [0.4, 0.5) is 5.13 Å². The summed E-state index contributed by atoms with van der Waals surface area (Å²) in [7, 11) is 0. The Morgan fingerprint density at radius 1 is 1.23 bits per heavy atom. The molecule has 0 aliphatic carbocycles. The zero-order chi connectivity index (χ0) is 21.2. The van der Waals surface area contributed by atoms with Crippen molar-refractivity contribution in [3.8, 4) is 0 Å². The number of rotatable bonds is 10. The summed E-state index contributed by atoms with van der Waals surface area (Å²) in [5.74, 6) is -0.362. The maximum atomic E-state index is 13.2. The number of morpholine rings is 1. The molecule has 0 radical (unpaired) electrons. The van der Waals surface area contributed by atoms with Crippen LogP contribution in [0.5, 0.6) is 0 Å². The van der Waals surface area contributed by atoms with Gasteiger partial charge in [-0.2, -0.15) is 0 Å². The molecule has 0 unspecified atom stereocenters. The lowest BCUT2D eigenvalue weighted by atomic mass is 10.1. The van der Waals surface area contributed by atoms with Crippen LogP contribution in [0.25, 0.3) is 0 Å². The van der Waals surface area contributed by atoms with Crippen LogP contribution >= 0.6 is 11.3 Å². The summed E-state index contributed by atoms with van der Waals surface area (Å²) in [6, 6.07) is 7.76. The van der Waals surface area contributed by atoms with Gasteiger partial charge >= 0.3 is 0 Å². The van der Waals surface area contributed by atoms with Crippen molar-refractivity contribution < 1.29 is 14.3 Å². The molecule has 1 fully saturated rings. The summed E-state index contributed by atoms with van der Waals surface area (Å²) in [6.45, 7) is 6.48. The molecule has 2 heterocycles. The van der Waals surface area contributed by atoms with Crippen LogP contribution in [0.2, 0.25) is 0 Å². The molecular formula is C22H30N4O3S. The van der Waals surface area contributed by atoms with E-state index in [9.17, 15) is 9.59 Å². The molecule has 0 spiro atoms. The van der Waals surface area contributed by atoms with Gasteiger partial charge in [-0.15, -0.1) is 11.3 Å². The molecule has 1 N–H and O–H groups in total. The lowest BCUT2D eigenvalue weighted by molar-refractivity contribution is -0.117. The molecule has 162 valence electrons. The average Bonchev–Trinajstić information content (AvgIpc) is 3.28. The van der Waals surface area contributed by atoms with Crippen LogP contribution in [0.1, 0.15) is 35.7 Å². The lowest BCUT2D eigenvalue weighted by Crippen LogP contribution is -2.45. The van der Waals surface area contributed by atoms with E-state index in [0.717, 1.165) is 32.4 Å². The molecule has 2 amide bonds. The Kier molecular flexibility index (Phi) is 8.80. The number of anilines is 1. The van der Waals surface area contributed by atoms with E-state index in [1.165, 1.54) is 16.9 Å². The molecule has 1 aliphatic rings. The Labute approximate surface area is 182 Å². The Bertz CT molecular complexity index is 789. The van der Waals surface area contributed by atoms with Crippen LogP contribution in [-0.2, 0) is 16.0 Å². The number of hydrogen-bond acceptors (Lipinski definition) is 6. The fourth-order valence-electron chi connectivity index (χ4n) is 3.33. The molecule has 8 heteroatoms. The molecule has 1 saturated heterocycles. The van der Waals surface area contributed by atoms with Crippen LogP contribution in [0.15, 0.2) is 35.8 Å². The van der Waals surface area contributed by atoms with E-state index in [4.69, 9.17) is 4.74 Å². The van der Waals surface area contributed by atoms with Gasteiger partial charge in [0, 0.05) is 43.3 Å². The third-order valence-corrected chi connectivity index (χ3v) is 5.80. The van der Waals surface area contributed by atoms with Crippen LogP contribution in [-0.4, -0.2) is 72.5 Å². The molecule has 3 rings (SSSR count). The highest BCUT2D eigenvalue weighted by Gasteiger charge is 2.21. The number of carbonyl (C=O) groups is 2. The van der Waals surface area contributed by atoms with Crippen LogP contribution < -0.4 is 5.32 Å². The number of benzene rings is 1. The predicted molar refractivity (Wildman–Crippen MR) is 119 cm³/mol. The van der Waals surface area contributed by atoms with Gasteiger partial charge < -0.3 is 15.0 Å². The van der Waals surface area contributed by atoms with Crippen molar-refractivity contribution in [3.05, 3.63) is 47.0 Å². The van der Waals surface area contributed by atoms with Gasteiger partial charge in [-0.1, -0.05) is 25.5 Å². The van der Waals surface area contributed by atoms with E-state index in [1.807, 2.05) is 24.3 Å². The average molecular weight is 431 g/mol. The molecule has 0 atom stereocenters. The number of ether oxygens (including phenoxy) is 1. The van der Waals surface area contributed by atoms with E-state index >= 15 is 0 Å². The number of amides is 2. The van der Waals surface area contributed by atoms with Gasteiger partial charge in [0.15, 0.2) is 5.13 Å². The van der Waals surface area contributed by atoms with E-state index in [1.54, 1.807) is 16.5 Å². The van der Waals surface area contributed by atoms with Gasteiger partial charge in [-0.25, -0.2) is 4.98 Å². The van der Waals surface area contributed by atoms with E-state index < -0.39 is 0 Å². The monoisotopic (exact) mass is 430 g/mol. The first kappa shape index (κ1) is 22.4. The molecule has 2 aromatic rings. The summed E-state index contributed by atoms with van der Waals surface area (Å²) in [5.41, 5.74) is 1.84. The second-order valence-electron chi connectivity index (χ2n) is 7.37. The third kappa shape index (κ3) is 6.90. The van der Waals surface area contributed by atoms with Crippen molar-refractivity contribution in [2.45, 2.75) is 26.2 Å². The van der Waals surface area contributed by atoms with Crippen molar-refractivity contribution in [2.75, 3.05) is 51.3 Å². The minimum absolute atomic E-state index is 0.000337. The van der Waals surface area contributed by atoms with Crippen molar-refractivity contribution in [1.82, 2.24) is 14.8 Å². The first-order valence-corrected chi connectivity index (χ1v) is 11.4. The topological polar surface area (TPSA) is 74.8 Å². The molecule has 7 nitrogen and oxygen atoms in total.